The summed E-state index contributed by atoms with van der Waals surface area (Å²) < 4.78 is 51.1. The lowest BCUT2D eigenvalue weighted by Crippen LogP contribution is -2.30. The Labute approximate surface area is 179 Å². The van der Waals surface area contributed by atoms with Gasteiger partial charge in [0.25, 0.3) is 5.91 Å². The zero-order valence-corrected chi connectivity index (χ0v) is 17.1. The van der Waals surface area contributed by atoms with Crippen LogP contribution in [0.5, 0.6) is 17.2 Å². The van der Waals surface area contributed by atoms with Crippen molar-refractivity contribution in [1.29, 1.82) is 0 Å². The fourth-order valence-electron chi connectivity index (χ4n) is 2.75. The van der Waals surface area contributed by atoms with Crippen LogP contribution in [0.4, 0.5) is 18.9 Å². The smallest absolute Gasteiger partial charge is 0.493 e. The minimum absolute atomic E-state index is 0.0716. The molecule has 11 heteroatoms. The highest BCUT2D eigenvalue weighted by Gasteiger charge is 2.33. The van der Waals surface area contributed by atoms with Gasteiger partial charge in [-0.2, -0.15) is 0 Å². The van der Waals surface area contributed by atoms with Crippen LogP contribution >= 0.6 is 23.8 Å². The third-order valence-corrected chi connectivity index (χ3v) is 4.54. The number of rotatable bonds is 5. The fraction of sp³-hybridized carbons (Fsp3) is 0.158. The number of alkyl halides is 3. The second kappa shape index (κ2) is 8.41. The molecule has 0 unspecified atom stereocenters. The number of carbonyl (C=O) groups is 1. The largest absolute Gasteiger partial charge is 0.573 e. The first kappa shape index (κ1) is 21.7. The van der Waals surface area contributed by atoms with E-state index in [9.17, 15) is 18.0 Å². The molecule has 0 radical (unpaired) electrons. The lowest BCUT2D eigenvalue weighted by atomic mass is 10.1. The van der Waals surface area contributed by atoms with Crippen LogP contribution in [-0.4, -0.2) is 31.6 Å². The van der Waals surface area contributed by atoms with E-state index in [0.717, 1.165) is 17.0 Å². The molecule has 1 fully saturated rings. The molecule has 0 aliphatic carbocycles. The summed E-state index contributed by atoms with van der Waals surface area (Å²) in [7, 11) is 2.90. The van der Waals surface area contributed by atoms with E-state index >= 15 is 0 Å². The summed E-state index contributed by atoms with van der Waals surface area (Å²) in [6.45, 7) is 0. The fourth-order valence-corrected chi connectivity index (χ4v) is 3.35. The highest BCUT2D eigenvalue weighted by molar-refractivity contribution is 7.80. The first-order valence-corrected chi connectivity index (χ1v) is 9.06. The van der Waals surface area contributed by atoms with Gasteiger partial charge in [-0.3, -0.25) is 9.69 Å². The second-order valence-corrected chi connectivity index (χ2v) is 6.70. The minimum Gasteiger partial charge on any atom is -0.493 e. The van der Waals surface area contributed by atoms with E-state index in [1.165, 1.54) is 32.4 Å². The maximum Gasteiger partial charge on any atom is 0.573 e. The maximum atomic E-state index is 12.8. The Morgan fingerprint density at radius 3 is 2.37 bits per heavy atom. The van der Waals surface area contributed by atoms with Gasteiger partial charge in [0.05, 0.1) is 24.9 Å². The van der Waals surface area contributed by atoms with Crippen molar-refractivity contribution in [2.45, 2.75) is 6.36 Å². The van der Waals surface area contributed by atoms with Crippen LogP contribution in [-0.2, 0) is 4.79 Å². The molecule has 30 heavy (non-hydrogen) atoms. The quantitative estimate of drug-likeness (QED) is 0.525. The average Bonchev–Trinajstić information content (AvgIpc) is 2.94. The topological polar surface area (TPSA) is 60.0 Å². The van der Waals surface area contributed by atoms with E-state index < -0.39 is 18.0 Å². The molecule has 2 aromatic carbocycles. The van der Waals surface area contributed by atoms with Crippen molar-refractivity contribution in [1.82, 2.24) is 5.32 Å². The molecule has 1 N–H and O–H groups in total. The molecular weight excluding hydrogens is 445 g/mol. The first-order chi connectivity index (χ1) is 14.1. The highest BCUT2D eigenvalue weighted by Crippen LogP contribution is 2.37. The molecule has 1 saturated heterocycles. The minimum atomic E-state index is -4.81. The van der Waals surface area contributed by atoms with E-state index in [1.807, 2.05) is 0 Å². The molecule has 1 aliphatic heterocycles. The van der Waals surface area contributed by atoms with E-state index in [1.54, 1.807) is 12.1 Å². The van der Waals surface area contributed by atoms with Crippen LogP contribution < -0.4 is 24.4 Å². The number of anilines is 1. The zero-order chi connectivity index (χ0) is 22.1. The van der Waals surface area contributed by atoms with E-state index in [2.05, 4.69) is 10.1 Å². The van der Waals surface area contributed by atoms with Crippen molar-refractivity contribution in [2.24, 2.45) is 0 Å². The number of ether oxygens (including phenoxy) is 3. The Bertz CT molecular complexity index is 1030. The van der Waals surface area contributed by atoms with Crippen molar-refractivity contribution in [2.75, 3.05) is 19.1 Å². The lowest BCUT2D eigenvalue weighted by molar-refractivity contribution is -0.274. The highest BCUT2D eigenvalue weighted by atomic mass is 35.5. The van der Waals surface area contributed by atoms with Crippen molar-refractivity contribution in [3.05, 3.63) is 52.7 Å². The summed E-state index contributed by atoms with van der Waals surface area (Å²) in [5.74, 6) is -0.171. The van der Waals surface area contributed by atoms with Gasteiger partial charge < -0.3 is 19.5 Å². The Hall–Kier alpha value is -2.98. The summed E-state index contributed by atoms with van der Waals surface area (Å²) in [5, 5.41) is 3.14. The summed E-state index contributed by atoms with van der Waals surface area (Å²) in [6.07, 6.45) is -3.29. The third kappa shape index (κ3) is 4.60. The molecule has 2 aromatic rings. The van der Waals surface area contributed by atoms with E-state index in [-0.39, 0.29) is 21.5 Å². The van der Waals surface area contributed by atoms with Gasteiger partial charge in [0.1, 0.15) is 11.4 Å². The van der Waals surface area contributed by atoms with Crippen LogP contribution in [0.15, 0.2) is 42.1 Å². The van der Waals surface area contributed by atoms with E-state index in [4.69, 9.17) is 33.3 Å². The van der Waals surface area contributed by atoms with Gasteiger partial charge in [0, 0.05) is 0 Å². The molecule has 0 aromatic heterocycles. The Morgan fingerprint density at radius 1 is 1.13 bits per heavy atom. The number of carbonyl (C=O) groups excluding carboxylic acids is 1. The lowest BCUT2D eigenvalue weighted by Gasteiger charge is -2.15. The summed E-state index contributed by atoms with van der Waals surface area (Å²) in [6, 6.07) is 7.98. The van der Waals surface area contributed by atoms with Crippen molar-refractivity contribution >= 4 is 46.6 Å². The molecule has 3 rings (SSSR count). The first-order valence-electron chi connectivity index (χ1n) is 8.27. The van der Waals surface area contributed by atoms with Gasteiger partial charge in [-0.25, -0.2) is 0 Å². The van der Waals surface area contributed by atoms with Gasteiger partial charge in [-0.05, 0) is 60.3 Å². The molecule has 158 valence electrons. The van der Waals surface area contributed by atoms with Crippen LogP contribution in [0.2, 0.25) is 5.02 Å². The monoisotopic (exact) mass is 458 g/mol. The summed E-state index contributed by atoms with van der Waals surface area (Å²) in [4.78, 5) is 14.0. The van der Waals surface area contributed by atoms with Crippen LogP contribution in [0.1, 0.15) is 5.56 Å². The number of hydrogen-bond donors (Lipinski definition) is 1. The second-order valence-electron chi connectivity index (χ2n) is 5.91. The van der Waals surface area contributed by atoms with Crippen molar-refractivity contribution < 1.29 is 32.2 Å². The predicted molar refractivity (Wildman–Crippen MR) is 109 cm³/mol. The number of benzene rings is 2. The number of nitrogens with zero attached hydrogens (tertiary/aromatic N) is 1. The van der Waals surface area contributed by atoms with Crippen molar-refractivity contribution in [3.63, 3.8) is 0 Å². The van der Waals surface area contributed by atoms with Gasteiger partial charge in [0.15, 0.2) is 16.6 Å². The molecule has 0 saturated carbocycles. The number of halogens is 4. The summed E-state index contributed by atoms with van der Waals surface area (Å²) >= 11 is 11.4. The third-order valence-electron chi connectivity index (χ3n) is 3.97. The normalized spacial score (nSPS) is 15.4. The standard InChI is InChI=1S/C19H14ClF3N2O4S/c1-27-15-9-10(7-13(20)16(15)28-2)8-14-17(26)25(18(30)24-14)11-3-5-12(6-4-11)29-19(21,22)23/h3-9H,1-2H3,(H,24,30)/b14-8-. The maximum absolute atomic E-state index is 12.8. The van der Waals surface area contributed by atoms with Gasteiger partial charge >= 0.3 is 6.36 Å². The molecule has 1 aliphatic rings. The van der Waals surface area contributed by atoms with Crippen LogP contribution in [0.3, 0.4) is 0 Å². The van der Waals surface area contributed by atoms with Crippen molar-refractivity contribution in [3.8, 4) is 17.2 Å². The van der Waals surface area contributed by atoms with Gasteiger partial charge in [-0.15, -0.1) is 13.2 Å². The van der Waals surface area contributed by atoms with Gasteiger partial charge in [0.2, 0.25) is 0 Å². The molecule has 6 nitrogen and oxygen atoms in total. The molecule has 0 spiro atoms. The average molecular weight is 459 g/mol. The number of methoxy groups -OCH3 is 2. The Morgan fingerprint density at radius 2 is 1.80 bits per heavy atom. The predicted octanol–water partition coefficient (Wildman–Crippen LogP) is 4.52. The number of thiocarbonyl (C=S) groups is 1. The number of hydrogen-bond acceptors (Lipinski definition) is 5. The molecule has 1 amide bonds. The van der Waals surface area contributed by atoms with E-state index in [0.29, 0.717) is 17.1 Å². The number of amides is 1. The Balaban J connectivity index is 1.87. The Kier molecular flexibility index (Phi) is 6.09. The molecule has 1 heterocycles. The molecule has 0 atom stereocenters. The van der Waals surface area contributed by atoms with Gasteiger partial charge in [-0.1, -0.05) is 11.6 Å². The SMILES string of the molecule is COc1cc(/C=C2\NC(=S)N(c3ccc(OC(F)(F)F)cc3)C2=O)cc(Cl)c1OC. The summed E-state index contributed by atoms with van der Waals surface area (Å²) in [5.41, 5.74) is 0.978. The van der Waals surface area contributed by atoms with Crippen LogP contribution in [0.25, 0.3) is 6.08 Å². The molecular formula is C19H14ClF3N2O4S. The molecule has 0 bridgehead atoms. The zero-order valence-electron chi connectivity index (χ0n) is 15.5. The van der Waals surface area contributed by atoms with Crippen LogP contribution in [0, 0.1) is 0 Å². The number of nitrogens with one attached hydrogen (secondary N) is 1.